The summed E-state index contributed by atoms with van der Waals surface area (Å²) in [6.45, 7) is 0. The van der Waals surface area contributed by atoms with Gasteiger partial charge in [-0.05, 0) is 187 Å². The molecule has 21 aromatic rings. The van der Waals surface area contributed by atoms with Gasteiger partial charge in [0.2, 0.25) is 11.2 Å². The summed E-state index contributed by atoms with van der Waals surface area (Å²) in [7, 11) is 0. The quantitative estimate of drug-likeness (QED) is 0.165. The molecule has 516 valence electrons. The molecule has 5 aliphatic carbocycles. The van der Waals surface area contributed by atoms with Crippen LogP contribution in [0.1, 0.15) is 55.6 Å². The second-order valence-electron chi connectivity index (χ2n) is 29.8. The molecule has 8 heteroatoms. The molecule has 5 aliphatic rings. The van der Waals surface area contributed by atoms with Crippen LogP contribution < -0.4 is 0 Å². The Hall–Kier alpha value is -13.3. The zero-order valence-electron chi connectivity index (χ0n) is 59.6. The predicted molar refractivity (Wildman–Crippen MR) is 462 cm³/mol. The zero-order valence-corrected chi connectivity index (χ0v) is 62.0. The van der Waals surface area contributed by atoms with Gasteiger partial charge in [-0.15, -0.1) is 22.7 Å². The number of rotatable bonds is 3. The first-order chi connectivity index (χ1) is 55.0. The summed E-state index contributed by atoms with van der Waals surface area (Å²) in [4.78, 5) is 20.8. The van der Waals surface area contributed by atoms with Crippen LogP contribution in [0.4, 0.5) is 0 Å². The largest absolute Gasteiger partial charge is 0.278 e. The Labute approximate surface area is 652 Å². The topological polar surface area (TPSA) is 56.5 Å². The number of thiophene rings is 2. The maximum Gasteiger partial charge on any atom is 0.235 e. The highest BCUT2D eigenvalue weighted by atomic mass is 35.5. The van der Waals surface area contributed by atoms with E-state index in [1.54, 1.807) is 22.7 Å². The Morgan fingerprint density at radius 2 is 0.658 bits per heavy atom. The first kappa shape index (κ1) is 62.7. The molecule has 0 bridgehead atoms. The summed E-state index contributed by atoms with van der Waals surface area (Å²) in [6, 6.07) is 128. The number of para-hydroxylation sites is 1. The molecule has 0 saturated carbocycles. The van der Waals surface area contributed by atoms with E-state index in [1.807, 2.05) is 0 Å². The van der Waals surface area contributed by atoms with Crippen molar-refractivity contribution in [3.8, 4) is 84.1 Å². The Bertz CT molecular complexity index is 7530. The average molecular weight is 1470 g/mol. The second kappa shape index (κ2) is 23.9. The molecular weight excluding hydrogens is 1410 g/mol. The Morgan fingerprint density at radius 3 is 1.20 bits per heavy atom. The molecule has 0 radical (unpaired) electrons. The Kier molecular flexibility index (Phi) is 13.5. The van der Waals surface area contributed by atoms with Gasteiger partial charge in [-0.25, -0.2) is 19.9 Å². The summed E-state index contributed by atoms with van der Waals surface area (Å²) < 4.78 is 6.86. The second-order valence-corrected chi connectivity index (χ2v) is 32.2. The van der Waals surface area contributed by atoms with Gasteiger partial charge >= 0.3 is 0 Å². The van der Waals surface area contributed by atoms with Crippen molar-refractivity contribution >= 4 is 118 Å². The van der Waals surface area contributed by atoms with Gasteiger partial charge in [0.1, 0.15) is 0 Å². The van der Waals surface area contributed by atoms with Crippen LogP contribution in [0.2, 0.25) is 5.28 Å². The highest BCUT2D eigenvalue weighted by molar-refractivity contribution is 7.26. The lowest BCUT2D eigenvalue weighted by Gasteiger charge is -2.30. The lowest BCUT2D eigenvalue weighted by molar-refractivity contribution is 0.794. The molecule has 0 N–H and O–H groups in total. The SMILES string of the molecule is Clc1nc(-c2cccc3c2-c2ccccc2C32c3ccccc3-c3ccccc32)c2sc3ccccc3c2n1.c1ccc2c(c1)-c1ccccc1C21c2ccccc2-c2c(-c3nc(-n4c5ccccc5c5cc6ccccc6cc54)nc4c3sc3ccccc34)cccc21.c1ccc2c(c1)Cc1cc3ccccc3cc1-2. The van der Waals surface area contributed by atoms with Crippen molar-refractivity contribution in [3.05, 3.63) is 413 Å². The number of aromatic nitrogens is 5. The lowest BCUT2D eigenvalue weighted by atomic mass is 9.70. The molecular formula is C103H60ClN5S2. The van der Waals surface area contributed by atoms with Crippen LogP contribution in [-0.4, -0.2) is 24.5 Å². The van der Waals surface area contributed by atoms with Gasteiger partial charge in [-0.3, -0.25) is 4.57 Å². The smallest absolute Gasteiger partial charge is 0.235 e. The summed E-state index contributed by atoms with van der Waals surface area (Å²) in [6.07, 6.45) is 1.08. The molecule has 0 saturated heterocycles. The molecule has 0 unspecified atom stereocenters. The van der Waals surface area contributed by atoms with Crippen molar-refractivity contribution in [1.29, 1.82) is 0 Å². The molecule has 0 aliphatic heterocycles. The molecule has 2 spiro atoms. The van der Waals surface area contributed by atoms with E-state index in [-0.39, 0.29) is 10.7 Å². The predicted octanol–water partition coefficient (Wildman–Crippen LogP) is 27.0. The van der Waals surface area contributed by atoms with Crippen molar-refractivity contribution in [2.24, 2.45) is 0 Å². The molecule has 5 nitrogen and oxygen atoms in total. The molecule has 0 amide bonds. The van der Waals surface area contributed by atoms with Gasteiger partial charge in [0.25, 0.3) is 0 Å². The Morgan fingerprint density at radius 1 is 0.270 bits per heavy atom. The first-order valence-electron chi connectivity index (χ1n) is 37.9. The Balaban J connectivity index is 0.000000111. The fourth-order valence-corrected chi connectivity index (χ4v) is 22.4. The third kappa shape index (κ3) is 8.76. The van der Waals surface area contributed by atoms with Gasteiger partial charge < -0.3 is 0 Å². The van der Waals surface area contributed by atoms with Crippen molar-refractivity contribution in [2.75, 3.05) is 0 Å². The van der Waals surface area contributed by atoms with Crippen molar-refractivity contribution in [3.63, 3.8) is 0 Å². The van der Waals surface area contributed by atoms with Crippen LogP contribution >= 0.6 is 34.3 Å². The third-order valence-corrected chi connectivity index (χ3v) is 26.9. The number of nitrogens with zero attached hydrogens (tertiary/aromatic N) is 5. The number of hydrogen-bond donors (Lipinski definition) is 0. The summed E-state index contributed by atoms with van der Waals surface area (Å²) in [5.41, 5.74) is 33.9. The monoisotopic (exact) mass is 1470 g/mol. The highest BCUT2D eigenvalue weighted by Gasteiger charge is 2.54. The molecule has 0 fully saturated rings. The van der Waals surface area contributed by atoms with Gasteiger partial charge in [-0.2, -0.15) is 0 Å². The summed E-state index contributed by atoms with van der Waals surface area (Å²) in [5.74, 6) is 0.683. The van der Waals surface area contributed by atoms with E-state index in [2.05, 4.69) is 361 Å². The van der Waals surface area contributed by atoms with Gasteiger partial charge in [-0.1, -0.05) is 315 Å². The van der Waals surface area contributed by atoms with Crippen LogP contribution in [0.5, 0.6) is 0 Å². The van der Waals surface area contributed by atoms with Gasteiger partial charge in [0.15, 0.2) is 0 Å². The molecule has 26 rings (SSSR count). The summed E-state index contributed by atoms with van der Waals surface area (Å²) in [5, 5.41) is 10.0. The number of fused-ring (bicyclic) bond motifs is 34. The number of hydrogen-bond acceptors (Lipinski definition) is 6. The van der Waals surface area contributed by atoms with E-state index >= 15 is 0 Å². The van der Waals surface area contributed by atoms with Crippen LogP contribution in [0.25, 0.3) is 168 Å². The fraction of sp³-hybridized carbons (Fsp3) is 0.0291. The van der Waals surface area contributed by atoms with Crippen molar-refractivity contribution in [2.45, 2.75) is 17.3 Å². The van der Waals surface area contributed by atoms with E-state index in [0.717, 1.165) is 71.2 Å². The molecule has 5 heterocycles. The van der Waals surface area contributed by atoms with Gasteiger partial charge in [0, 0.05) is 42.1 Å². The molecule has 16 aromatic carbocycles. The average Bonchev–Trinajstić information content (AvgIpc) is 1.51. The maximum atomic E-state index is 6.62. The van der Waals surface area contributed by atoms with E-state index in [9.17, 15) is 0 Å². The van der Waals surface area contributed by atoms with E-state index < -0.39 is 5.41 Å². The standard InChI is InChI=1S/C51H29N3S.C35H19ClN2S.C17H12/c1-2-15-31-29-44-38(28-30(31)14-1)34-18-6-11-26-43(34)54(44)50-52-47-36-20-7-12-27-45(36)55-49(47)48(53-50)37-21-13-25-42-46(37)35-19-5-10-24-41(35)51(42)39-22-8-3-16-32(39)33-17-4-9-23-40(33)51;36-34-37-31-23-13-4-8-19-29(23)39-33(31)32(38-34)24-14-9-18-28-30(24)22-12-3-7-17-27(22)35(28)25-15-5-1-10-20(25)21-11-2-6-16-26(21)35;1-2-6-13-11-17-15(9-12(13)5-1)10-14-7-3-4-8-16(14)17/h1-29H;1-19H;1-9,11H,10H2. The molecule has 0 atom stereocenters. The number of benzene rings is 16. The van der Waals surface area contributed by atoms with Crippen molar-refractivity contribution in [1.82, 2.24) is 24.5 Å². The molecule has 5 aromatic heterocycles. The summed E-state index contributed by atoms with van der Waals surface area (Å²) >= 11 is 10.1. The van der Waals surface area contributed by atoms with Crippen LogP contribution in [0.3, 0.4) is 0 Å². The minimum absolute atomic E-state index is 0.274. The highest BCUT2D eigenvalue weighted by Crippen LogP contribution is 2.66. The van der Waals surface area contributed by atoms with Crippen LogP contribution in [-0.2, 0) is 17.3 Å². The van der Waals surface area contributed by atoms with E-state index in [1.165, 1.54) is 153 Å². The minimum Gasteiger partial charge on any atom is -0.278 e. The normalized spacial score (nSPS) is 13.6. The van der Waals surface area contributed by atoms with Gasteiger partial charge in [0.05, 0.1) is 53.7 Å². The fourth-order valence-electron chi connectivity index (χ4n) is 20.0. The lowest BCUT2D eigenvalue weighted by Crippen LogP contribution is -2.25. The maximum absolute atomic E-state index is 6.62. The van der Waals surface area contributed by atoms with E-state index in [4.69, 9.17) is 26.6 Å². The zero-order chi connectivity index (χ0) is 72.8. The minimum atomic E-state index is -0.432. The van der Waals surface area contributed by atoms with E-state index in [0.29, 0.717) is 5.95 Å². The number of halogens is 1. The van der Waals surface area contributed by atoms with Crippen molar-refractivity contribution < 1.29 is 0 Å². The van der Waals surface area contributed by atoms with Crippen LogP contribution in [0, 0.1) is 0 Å². The molecule has 111 heavy (non-hydrogen) atoms. The van der Waals surface area contributed by atoms with Crippen LogP contribution in [0.15, 0.2) is 352 Å². The third-order valence-electron chi connectivity index (χ3n) is 24.4. The first-order valence-corrected chi connectivity index (χ1v) is 39.9.